The third-order valence-electron chi connectivity index (χ3n) is 3.26. The van der Waals surface area contributed by atoms with Crippen LogP contribution in [0.4, 0.5) is 0 Å². The maximum Gasteiger partial charge on any atom is 0.0488 e. The first-order valence-corrected chi connectivity index (χ1v) is 5.71. The molecule has 0 bridgehead atoms. The summed E-state index contributed by atoms with van der Waals surface area (Å²) in [5, 5.41) is 1.39. The van der Waals surface area contributed by atoms with Gasteiger partial charge in [-0.15, -0.1) is 0 Å². The van der Waals surface area contributed by atoms with Crippen LogP contribution in [-0.2, 0) is 0 Å². The lowest BCUT2D eigenvalue weighted by Gasteiger charge is -2.13. The summed E-state index contributed by atoms with van der Waals surface area (Å²) in [6.07, 6.45) is 3.39. The molecule has 15 heavy (non-hydrogen) atoms. The Morgan fingerprint density at radius 3 is 2.67 bits per heavy atom. The van der Waals surface area contributed by atoms with Crippen LogP contribution in [0.25, 0.3) is 10.9 Å². The lowest BCUT2D eigenvalue weighted by atomic mass is 10.1. The summed E-state index contributed by atoms with van der Waals surface area (Å²) in [4.78, 5) is 0. The standard InChI is InChI=1S/C14H19N/c1-5-12(4)15-7-6-13-11(3)8-10(2)9-14(13)15/h6-9,12H,5H2,1-4H3. The fourth-order valence-electron chi connectivity index (χ4n) is 2.20. The topological polar surface area (TPSA) is 4.93 Å². The first kappa shape index (κ1) is 10.3. The van der Waals surface area contributed by atoms with E-state index in [1.165, 1.54) is 28.5 Å². The van der Waals surface area contributed by atoms with Gasteiger partial charge >= 0.3 is 0 Å². The number of aromatic nitrogens is 1. The molecule has 1 nitrogen and oxygen atoms in total. The number of benzene rings is 1. The quantitative estimate of drug-likeness (QED) is 0.685. The second-order valence-corrected chi connectivity index (χ2v) is 4.49. The third-order valence-corrected chi connectivity index (χ3v) is 3.26. The van der Waals surface area contributed by atoms with Gasteiger partial charge in [-0.25, -0.2) is 0 Å². The number of aryl methyl sites for hydroxylation is 2. The predicted molar refractivity (Wildman–Crippen MR) is 66.4 cm³/mol. The van der Waals surface area contributed by atoms with E-state index in [0.717, 1.165) is 0 Å². The van der Waals surface area contributed by atoms with Gasteiger partial charge in [-0.1, -0.05) is 13.0 Å². The van der Waals surface area contributed by atoms with E-state index in [1.807, 2.05) is 0 Å². The first-order chi connectivity index (χ1) is 7.13. The number of hydrogen-bond donors (Lipinski definition) is 0. The smallest absolute Gasteiger partial charge is 0.0488 e. The zero-order valence-electron chi connectivity index (χ0n) is 10.0. The second kappa shape index (κ2) is 3.73. The molecule has 0 fully saturated rings. The van der Waals surface area contributed by atoms with E-state index in [0.29, 0.717) is 6.04 Å². The van der Waals surface area contributed by atoms with Crippen molar-refractivity contribution in [2.75, 3.05) is 0 Å². The van der Waals surface area contributed by atoms with Crippen LogP contribution in [0.3, 0.4) is 0 Å². The molecule has 1 unspecified atom stereocenters. The van der Waals surface area contributed by atoms with Gasteiger partial charge in [0.2, 0.25) is 0 Å². The zero-order chi connectivity index (χ0) is 11.0. The van der Waals surface area contributed by atoms with Crippen molar-refractivity contribution in [3.63, 3.8) is 0 Å². The van der Waals surface area contributed by atoms with Crippen molar-refractivity contribution >= 4 is 10.9 Å². The van der Waals surface area contributed by atoms with E-state index in [2.05, 4.69) is 56.7 Å². The number of fused-ring (bicyclic) bond motifs is 1. The molecule has 1 heteroatoms. The van der Waals surface area contributed by atoms with E-state index >= 15 is 0 Å². The summed E-state index contributed by atoms with van der Waals surface area (Å²) in [5.74, 6) is 0. The summed E-state index contributed by atoms with van der Waals surface area (Å²) >= 11 is 0. The van der Waals surface area contributed by atoms with Gasteiger partial charge in [0.1, 0.15) is 0 Å². The molecule has 0 spiro atoms. The lowest BCUT2D eigenvalue weighted by Crippen LogP contribution is -2.01. The normalized spacial score (nSPS) is 13.3. The molecule has 1 aromatic carbocycles. The molecule has 1 aromatic heterocycles. The number of hydrogen-bond acceptors (Lipinski definition) is 0. The summed E-state index contributed by atoms with van der Waals surface area (Å²) in [6, 6.07) is 7.36. The Morgan fingerprint density at radius 1 is 1.27 bits per heavy atom. The number of nitrogens with zero attached hydrogens (tertiary/aromatic N) is 1. The van der Waals surface area contributed by atoms with Crippen LogP contribution in [0.2, 0.25) is 0 Å². The van der Waals surface area contributed by atoms with Gasteiger partial charge in [0, 0.05) is 23.1 Å². The Kier molecular flexibility index (Phi) is 2.56. The van der Waals surface area contributed by atoms with Crippen molar-refractivity contribution in [3.8, 4) is 0 Å². The summed E-state index contributed by atoms with van der Waals surface area (Å²) in [6.45, 7) is 8.87. The van der Waals surface area contributed by atoms with Crippen LogP contribution in [0.1, 0.15) is 37.4 Å². The highest BCUT2D eigenvalue weighted by molar-refractivity contribution is 5.84. The van der Waals surface area contributed by atoms with E-state index < -0.39 is 0 Å². The van der Waals surface area contributed by atoms with Crippen molar-refractivity contribution < 1.29 is 0 Å². The van der Waals surface area contributed by atoms with E-state index in [1.54, 1.807) is 0 Å². The molecule has 0 saturated heterocycles. The van der Waals surface area contributed by atoms with Crippen molar-refractivity contribution in [2.45, 2.75) is 40.2 Å². The van der Waals surface area contributed by atoms with E-state index in [-0.39, 0.29) is 0 Å². The van der Waals surface area contributed by atoms with Crippen molar-refractivity contribution in [2.24, 2.45) is 0 Å². The monoisotopic (exact) mass is 201 g/mol. The van der Waals surface area contributed by atoms with E-state index in [4.69, 9.17) is 0 Å². The molecule has 0 aliphatic heterocycles. The largest absolute Gasteiger partial charge is 0.345 e. The molecule has 0 amide bonds. The SMILES string of the molecule is CCC(C)n1ccc2c(C)cc(C)cc21. The maximum absolute atomic E-state index is 2.38. The minimum atomic E-state index is 0.587. The molecule has 1 atom stereocenters. The van der Waals surface area contributed by atoms with E-state index in [9.17, 15) is 0 Å². The predicted octanol–water partition coefficient (Wildman–Crippen LogP) is 4.23. The van der Waals surface area contributed by atoms with Crippen LogP contribution in [0.15, 0.2) is 24.4 Å². The van der Waals surface area contributed by atoms with Gasteiger partial charge in [0.05, 0.1) is 0 Å². The fourth-order valence-corrected chi connectivity index (χ4v) is 2.20. The van der Waals surface area contributed by atoms with Gasteiger partial charge in [-0.2, -0.15) is 0 Å². The van der Waals surface area contributed by atoms with Gasteiger partial charge in [0.25, 0.3) is 0 Å². The van der Waals surface area contributed by atoms with Crippen molar-refractivity contribution in [3.05, 3.63) is 35.5 Å². The highest BCUT2D eigenvalue weighted by Gasteiger charge is 2.08. The van der Waals surface area contributed by atoms with Crippen molar-refractivity contribution in [1.82, 2.24) is 4.57 Å². The molecule has 80 valence electrons. The highest BCUT2D eigenvalue weighted by atomic mass is 15.0. The van der Waals surface area contributed by atoms with Crippen molar-refractivity contribution in [1.29, 1.82) is 0 Å². The fraction of sp³-hybridized carbons (Fsp3) is 0.429. The molecule has 2 rings (SSSR count). The average Bonchev–Trinajstić information content (AvgIpc) is 2.60. The first-order valence-electron chi connectivity index (χ1n) is 5.71. The molecule has 0 aliphatic rings. The Balaban J connectivity index is 2.68. The average molecular weight is 201 g/mol. The Morgan fingerprint density at radius 2 is 2.00 bits per heavy atom. The number of rotatable bonds is 2. The molecule has 0 N–H and O–H groups in total. The maximum atomic E-state index is 2.38. The minimum Gasteiger partial charge on any atom is -0.345 e. The molecule has 0 saturated carbocycles. The molecule has 1 heterocycles. The Hall–Kier alpha value is -1.24. The van der Waals surface area contributed by atoms with Crippen LogP contribution in [0, 0.1) is 13.8 Å². The van der Waals surface area contributed by atoms with Gasteiger partial charge in [-0.05, 0) is 50.5 Å². The molecular formula is C14H19N. The van der Waals surface area contributed by atoms with Crippen LogP contribution in [0.5, 0.6) is 0 Å². The van der Waals surface area contributed by atoms with Crippen LogP contribution < -0.4 is 0 Å². The summed E-state index contributed by atoms with van der Waals surface area (Å²) < 4.78 is 2.38. The van der Waals surface area contributed by atoms with Gasteiger partial charge in [-0.3, -0.25) is 0 Å². The lowest BCUT2D eigenvalue weighted by molar-refractivity contribution is 0.548. The molecule has 2 aromatic rings. The van der Waals surface area contributed by atoms with Gasteiger partial charge in [0.15, 0.2) is 0 Å². The second-order valence-electron chi connectivity index (χ2n) is 4.49. The zero-order valence-corrected chi connectivity index (χ0v) is 10.0. The van der Waals surface area contributed by atoms with Crippen LogP contribution in [-0.4, -0.2) is 4.57 Å². The van der Waals surface area contributed by atoms with Gasteiger partial charge < -0.3 is 4.57 Å². The third kappa shape index (κ3) is 1.67. The Labute approximate surface area is 91.7 Å². The molecule has 0 aliphatic carbocycles. The van der Waals surface area contributed by atoms with Crippen LogP contribution >= 0.6 is 0 Å². The highest BCUT2D eigenvalue weighted by Crippen LogP contribution is 2.25. The summed E-state index contributed by atoms with van der Waals surface area (Å²) in [5.41, 5.74) is 4.11. The minimum absolute atomic E-state index is 0.587. The molecule has 0 radical (unpaired) electrons. The summed E-state index contributed by atoms with van der Waals surface area (Å²) in [7, 11) is 0. The molecular weight excluding hydrogens is 182 g/mol. The Bertz CT molecular complexity index is 479.